The van der Waals surface area contributed by atoms with Crippen LogP contribution in [0.1, 0.15) is 33.4 Å². The Bertz CT molecular complexity index is 1900. The Morgan fingerprint density at radius 3 is 1.72 bits per heavy atom. The first-order valence-electron chi connectivity index (χ1n) is 15.6. The highest BCUT2D eigenvalue weighted by molar-refractivity contribution is 6.00. The molecule has 47 heavy (non-hydrogen) atoms. The molecule has 5 aromatic rings. The van der Waals surface area contributed by atoms with Gasteiger partial charge in [0.15, 0.2) is 0 Å². The van der Waals surface area contributed by atoms with Crippen molar-refractivity contribution in [2.75, 3.05) is 26.4 Å². The highest BCUT2D eigenvalue weighted by Crippen LogP contribution is 2.58. The Hall–Kier alpha value is -5.62. The largest absolute Gasteiger partial charge is 0.490 e. The van der Waals surface area contributed by atoms with E-state index in [1.54, 1.807) is 0 Å². The predicted molar refractivity (Wildman–Crippen MR) is 184 cm³/mol. The van der Waals surface area contributed by atoms with Gasteiger partial charge in [0.1, 0.15) is 37.9 Å². The SMILES string of the molecule is C=CC(=O)OCCOc1ccc(C2(c3ccc(OCCOC(=O)C=C)cc3)c3cc(C)c(C)cc3-c3ccc4ccccc4c32)cc1. The monoisotopic (exact) mass is 624 g/mol. The zero-order valence-electron chi connectivity index (χ0n) is 26.6. The second kappa shape index (κ2) is 13.4. The molecule has 0 fully saturated rings. The van der Waals surface area contributed by atoms with Gasteiger partial charge in [-0.05, 0) is 93.4 Å². The molecular formula is C41H36O6. The summed E-state index contributed by atoms with van der Waals surface area (Å²) in [4.78, 5) is 22.8. The van der Waals surface area contributed by atoms with Crippen molar-refractivity contribution < 1.29 is 28.5 Å². The molecule has 0 aliphatic heterocycles. The van der Waals surface area contributed by atoms with E-state index in [0.717, 1.165) is 23.3 Å². The van der Waals surface area contributed by atoms with Crippen molar-refractivity contribution in [3.63, 3.8) is 0 Å². The van der Waals surface area contributed by atoms with Crippen molar-refractivity contribution in [3.8, 4) is 22.6 Å². The highest BCUT2D eigenvalue weighted by atomic mass is 16.6. The Balaban J connectivity index is 1.48. The van der Waals surface area contributed by atoms with E-state index in [9.17, 15) is 9.59 Å². The Labute approximate surface area is 274 Å². The van der Waals surface area contributed by atoms with Crippen molar-refractivity contribution in [1.29, 1.82) is 0 Å². The molecule has 0 saturated carbocycles. The maximum atomic E-state index is 11.4. The Morgan fingerprint density at radius 2 is 1.17 bits per heavy atom. The third-order valence-corrected chi connectivity index (χ3v) is 8.73. The molecule has 1 aliphatic carbocycles. The number of carbonyl (C=O) groups excluding carboxylic acids is 2. The molecule has 1 aliphatic rings. The molecule has 6 rings (SSSR count). The fraction of sp³-hybridized carbons (Fsp3) is 0.171. The minimum Gasteiger partial charge on any atom is -0.490 e. The second-order valence-electron chi connectivity index (χ2n) is 11.4. The molecule has 0 N–H and O–H groups in total. The van der Waals surface area contributed by atoms with E-state index < -0.39 is 17.4 Å². The third kappa shape index (κ3) is 5.90. The lowest BCUT2D eigenvalue weighted by molar-refractivity contribution is -0.139. The van der Waals surface area contributed by atoms with Gasteiger partial charge in [-0.25, -0.2) is 9.59 Å². The van der Waals surface area contributed by atoms with Gasteiger partial charge >= 0.3 is 11.9 Å². The first-order chi connectivity index (χ1) is 22.9. The van der Waals surface area contributed by atoms with Gasteiger partial charge in [0.05, 0.1) is 5.41 Å². The summed E-state index contributed by atoms with van der Waals surface area (Å²) in [5.74, 6) is 0.399. The first kappa shape index (κ1) is 31.4. The average Bonchev–Trinajstić information content (AvgIpc) is 3.39. The van der Waals surface area contributed by atoms with Crippen molar-refractivity contribution in [1.82, 2.24) is 0 Å². The summed E-state index contributed by atoms with van der Waals surface area (Å²) < 4.78 is 22.0. The highest BCUT2D eigenvalue weighted by Gasteiger charge is 2.47. The summed E-state index contributed by atoms with van der Waals surface area (Å²) >= 11 is 0. The van der Waals surface area contributed by atoms with Gasteiger partial charge in [0.25, 0.3) is 0 Å². The van der Waals surface area contributed by atoms with Crippen molar-refractivity contribution in [3.05, 3.63) is 156 Å². The molecule has 0 bridgehead atoms. The molecule has 6 heteroatoms. The van der Waals surface area contributed by atoms with Crippen LogP contribution in [0.3, 0.4) is 0 Å². The summed E-state index contributed by atoms with van der Waals surface area (Å²) in [7, 11) is 0. The lowest BCUT2D eigenvalue weighted by atomic mass is 9.66. The number of esters is 2. The molecular weight excluding hydrogens is 588 g/mol. The van der Waals surface area contributed by atoms with Gasteiger partial charge < -0.3 is 18.9 Å². The fourth-order valence-corrected chi connectivity index (χ4v) is 6.47. The van der Waals surface area contributed by atoms with Gasteiger partial charge in [-0.1, -0.05) is 86.0 Å². The molecule has 0 radical (unpaired) electrons. The van der Waals surface area contributed by atoms with Crippen LogP contribution in [0.2, 0.25) is 0 Å². The first-order valence-corrected chi connectivity index (χ1v) is 15.6. The molecule has 0 heterocycles. The smallest absolute Gasteiger partial charge is 0.330 e. The zero-order chi connectivity index (χ0) is 33.0. The summed E-state index contributed by atoms with van der Waals surface area (Å²) in [6.45, 7) is 11.9. The van der Waals surface area contributed by atoms with Gasteiger partial charge in [-0.3, -0.25) is 0 Å². The summed E-state index contributed by atoms with van der Waals surface area (Å²) in [6.07, 6.45) is 2.27. The summed E-state index contributed by atoms with van der Waals surface area (Å²) in [5, 5.41) is 2.35. The van der Waals surface area contributed by atoms with E-state index in [2.05, 4.69) is 99.8 Å². The zero-order valence-corrected chi connectivity index (χ0v) is 26.6. The van der Waals surface area contributed by atoms with E-state index in [4.69, 9.17) is 18.9 Å². The Kier molecular flexibility index (Phi) is 8.94. The molecule has 0 atom stereocenters. The van der Waals surface area contributed by atoms with E-state index in [-0.39, 0.29) is 26.4 Å². The molecule has 0 unspecified atom stereocenters. The van der Waals surface area contributed by atoms with Crippen LogP contribution in [0, 0.1) is 13.8 Å². The quantitative estimate of drug-likeness (QED) is 0.0780. The lowest BCUT2D eigenvalue weighted by Gasteiger charge is -2.35. The van der Waals surface area contributed by atoms with Crippen molar-refractivity contribution in [2.45, 2.75) is 19.3 Å². The number of carbonyl (C=O) groups is 2. The van der Waals surface area contributed by atoms with Gasteiger partial charge in [0, 0.05) is 12.2 Å². The average molecular weight is 625 g/mol. The van der Waals surface area contributed by atoms with Crippen LogP contribution in [0.25, 0.3) is 21.9 Å². The number of rotatable bonds is 12. The molecule has 0 amide bonds. The molecule has 6 nitrogen and oxygen atoms in total. The lowest BCUT2D eigenvalue weighted by Crippen LogP contribution is -2.29. The predicted octanol–water partition coefficient (Wildman–Crippen LogP) is 8.04. The maximum absolute atomic E-state index is 11.4. The standard InChI is InChI=1S/C41H36O6/c1-5-38(42)46-23-21-44-32-16-12-30(13-17-32)41(31-14-18-33(19-15-31)45-22-24-47-39(43)6-2)37-26-28(4)27(3)25-36(37)35-20-11-29-9-7-8-10-34(29)40(35)41/h5-20,25-26H,1-2,21-24H2,3-4H3. The van der Waals surface area contributed by atoms with Crippen LogP contribution in [-0.2, 0) is 24.5 Å². The van der Waals surface area contributed by atoms with Gasteiger partial charge in [0.2, 0.25) is 0 Å². The number of benzene rings is 5. The topological polar surface area (TPSA) is 71.1 Å². The molecule has 0 spiro atoms. The number of hydrogen-bond acceptors (Lipinski definition) is 6. The van der Waals surface area contributed by atoms with Crippen molar-refractivity contribution >= 4 is 22.7 Å². The molecule has 0 saturated heterocycles. The number of aryl methyl sites for hydroxylation is 2. The van der Waals surface area contributed by atoms with E-state index >= 15 is 0 Å². The molecule has 5 aromatic carbocycles. The summed E-state index contributed by atoms with van der Waals surface area (Å²) in [6, 6.07) is 34.0. The van der Waals surface area contributed by atoms with Crippen LogP contribution in [0.5, 0.6) is 11.5 Å². The normalized spacial score (nSPS) is 12.5. The van der Waals surface area contributed by atoms with Crippen LogP contribution in [-0.4, -0.2) is 38.4 Å². The number of fused-ring (bicyclic) bond motifs is 5. The van der Waals surface area contributed by atoms with E-state index in [0.29, 0.717) is 11.5 Å². The second-order valence-corrected chi connectivity index (χ2v) is 11.4. The molecule has 0 aromatic heterocycles. The minimum atomic E-state index is -0.653. The van der Waals surface area contributed by atoms with Crippen LogP contribution < -0.4 is 9.47 Å². The van der Waals surface area contributed by atoms with Crippen LogP contribution in [0.15, 0.2) is 122 Å². The molecule has 236 valence electrons. The van der Waals surface area contributed by atoms with Gasteiger partial charge in [-0.15, -0.1) is 0 Å². The Morgan fingerprint density at radius 1 is 0.638 bits per heavy atom. The van der Waals surface area contributed by atoms with Crippen LogP contribution >= 0.6 is 0 Å². The number of hydrogen-bond donors (Lipinski definition) is 0. The number of ether oxygens (including phenoxy) is 4. The van der Waals surface area contributed by atoms with Crippen molar-refractivity contribution in [2.24, 2.45) is 0 Å². The minimum absolute atomic E-state index is 0.132. The van der Waals surface area contributed by atoms with E-state index in [1.165, 1.54) is 44.2 Å². The maximum Gasteiger partial charge on any atom is 0.330 e. The fourth-order valence-electron chi connectivity index (χ4n) is 6.47. The summed E-state index contributed by atoms with van der Waals surface area (Å²) in [5.41, 5.74) is 8.83. The van der Waals surface area contributed by atoms with Crippen LogP contribution in [0.4, 0.5) is 0 Å². The third-order valence-electron chi connectivity index (χ3n) is 8.73. The van der Waals surface area contributed by atoms with E-state index in [1.807, 2.05) is 24.3 Å². The van der Waals surface area contributed by atoms with Gasteiger partial charge in [-0.2, -0.15) is 0 Å².